The van der Waals surface area contributed by atoms with Crippen molar-refractivity contribution in [3.05, 3.63) is 35.4 Å². The number of carbonyl (C=O) groups excluding carboxylic acids is 4. The van der Waals surface area contributed by atoms with Crippen LogP contribution in [0.5, 0.6) is 0 Å². The third kappa shape index (κ3) is 5.06. The van der Waals surface area contributed by atoms with E-state index in [1.165, 1.54) is 12.1 Å². The Bertz CT molecular complexity index is 718. The average Bonchev–Trinajstić information content (AvgIpc) is 2.82. The quantitative estimate of drug-likeness (QED) is 0.766. The maximum absolute atomic E-state index is 12.5. The van der Waals surface area contributed by atoms with E-state index in [1.54, 1.807) is 32.9 Å². The Morgan fingerprint density at radius 2 is 1.67 bits per heavy atom. The Morgan fingerprint density at radius 3 is 2.15 bits per heavy atom. The number of carbonyl (C=O) groups is 4. The monoisotopic (exact) mass is 376 g/mol. The molecule has 1 atom stereocenters. The van der Waals surface area contributed by atoms with Gasteiger partial charge in [-0.25, -0.2) is 9.59 Å². The summed E-state index contributed by atoms with van der Waals surface area (Å²) in [6.07, 6.45) is 0.935. The van der Waals surface area contributed by atoms with Crippen molar-refractivity contribution in [2.75, 3.05) is 0 Å². The molecule has 1 heterocycles. The van der Waals surface area contributed by atoms with Crippen LogP contribution in [0.2, 0.25) is 0 Å². The molecule has 146 valence electrons. The highest BCUT2D eigenvalue weighted by molar-refractivity contribution is 6.20. The van der Waals surface area contributed by atoms with E-state index in [-0.39, 0.29) is 17.5 Å². The molecule has 1 aliphatic rings. The molecule has 0 aromatic heterocycles. The normalized spacial score (nSPS) is 14.6. The van der Waals surface area contributed by atoms with Crippen LogP contribution in [0.3, 0.4) is 0 Å². The maximum atomic E-state index is 12.5. The Balaban J connectivity index is 2.09. The van der Waals surface area contributed by atoms with Gasteiger partial charge in [0.15, 0.2) is 0 Å². The Hall–Kier alpha value is -2.90. The zero-order valence-electron chi connectivity index (χ0n) is 15.9. The lowest BCUT2D eigenvalue weighted by atomic mass is 10.1. The third-order valence-corrected chi connectivity index (χ3v) is 3.76. The number of unbranched alkanes of at least 4 members (excludes halogenated alkanes) is 1. The maximum Gasteiger partial charge on any atom is 0.408 e. The van der Waals surface area contributed by atoms with Crippen LogP contribution in [0.4, 0.5) is 4.79 Å². The number of rotatable bonds is 6. The first-order valence-corrected chi connectivity index (χ1v) is 8.83. The number of alkyl carbamates (subject to hydrolysis) is 1. The zero-order valence-corrected chi connectivity index (χ0v) is 15.9. The van der Waals surface area contributed by atoms with Crippen molar-refractivity contribution >= 4 is 23.9 Å². The Kier molecular flexibility index (Phi) is 6.20. The summed E-state index contributed by atoms with van der Waals surface area (Å²) in [5.41, 5.74) is -0.396. The van der Waals surface area contributed by atoms with Gasteiger partial charge in [0, 0.05) is 0 Å². The predicted molar refractivity (Wildman–Crippen MR) is 95.7 cm³/mol. The Labute approximate surface area is 157 Å². The molecule has 0 aliphatic carbocycles. The molecular weight excluding hydrogens is 352 g/mol. The molecule has 0 saturated carbocycles. The second-order valence-electron chi connectivity index (χ2n) is 7.20. The summed E-state index contributed by atoms with van der Waals surface area (Å²) in [5.74, 6) is -2.32. The number of fused-ring (bicyclic) bond motifs is 1. The average molecular weight is 376 g/mol. The summed E-state index contributed by atoms with van der Waals surface area (Å²) in [4.78, 5) is 54.1. The van der Waals surface area contributed by atoms with Crippen molar-refractivity contribution in [2.45, 2.75) is 58.6 Å². The van der Waals surface area contributed by atoms with Crippen LogP contribution in [0.1, 0.15) is 67.7 Å². The number of hydrogen-bond acceptors (Lipinski definition) is 6. The van der Waals surface area contributed by atoms with Gasteiger partial charge in [0.25, 0.3) is 11.8 Å². The molecular formula is C19H24N2O6. The summed E-state index contributed by atoms with van der Waals surface area (Å²) in [5, 5.41) is 2.88. The summed E-state index contributed by atoms with van der Waals surface area (Å²) in [6, 6.07) is 5.16. The van der Waals surface area contributed by atoms with Gasteiger partial charge in [0.2, 0.25) is 0 Å². The number of hydrogen-bond donors (Lipinski definition) is 1. The number of imide groups is 1. The molecule has 1 aromatic carbocycles. The number of nitrogens with zero attached hydrogens (tertiary/aromatic N) is 1. The summed E-state index contributed by atoms with van der Waals surface area (Å²) >= 11 is 0. The van der Waals surface area contributed by atoms with Crippen molar-refractivity contribution in [3.63, 3.8) is 0 Å². The highest BCUT2D eigenvalue weighted by Crippen LogP contribution is 2.23. The van der Waals surface area contributed by atoms with Gasteiger partial charge < -0.3 is 14.9 Å². The molecule has 0 radical (unpaired) electrons. The molecule has 0 saturated heterocycles. The SMILES string of the molecule is CCCCC(NC(=O)OC(C)(C)C)C(=O)ON1C(=O)c2ccccc2C1=O. The fourth-order valence-corrected chi connectivity index (χ4v) is 2.51. The van der Waals surface area contributed by atoms with E-state index in [0.717, 1.165) is 6.42 Å². The third-order valence-electron chi connectivity index (χ3n) is 3.76. The van der Waals surface area contributed by atoms with Crippen LogP contribution in [-0.2, 0) is 14.4 Å². The van der Waals surface area contributed by atoms with Crippen molar-refractivity contribution in [3.8, 4) is 0 Å². The number of nitrogens with one attached hydrogen (secondary N) is 1. The fourth-order valence-electron chi connectivity index (χ4n) is 2.51. The highest BCUT2D eigenvalue weighted by atomic mass is 16.7. The largest absolute Gasteiger partial charge is 0.444 e. The first kappa shape index (κ1) is 20.4. The van der Waals surface area contributed by atoms with E-state index in [0.29, 0.717) is 11.5 Å². The number of benzene rings is 1. The molecule has 0 fully saturated rings. The second kappa shape index (κ2) is 8.20. The lowest BCUT2D eigenvalue weighted by molar-refractivity contribution is -0.171. The standard InChI is InChI=1S/C19H24N2O6/c1-5-6-11-14(20-18(25)26-19(2,3)4)17(24)27-21-15(22)12-9-7-8-10-13(12)16(21)23/h7-10,14H,5-6,11H2,1-4H3,(H,20,25). The van der Waals surface area contributed by atoms with E-state index in [9.17, 15) is 19.2 Å². The van der Waals surface area contributed by atoms with Crippen LogP contribution in [0, 0.1) is 0 Å². The van der Waals surface area contributed by atoms with Crippen molar-refractivity contribution in [1.82, 2.24) is 10.4 Å². The fraction of sp³-hybridized carbons (Fsp3) is 0.474. The van der Waals surface area contributed by atoms with Crippen molar-refractivity contribution in [1.29, 1.82) is 0 Å². The van der Waals surface area contributed by atoms with Crippen LogP contribution in [-0.4, -0.2) is 40.6 Å². The molecule has 0 bridgehead atoms. The van der Waals surface area contributed by atoms with E-state index in [1.807, 2.05) is 6.92 Å². The minimum Gasteiger partial charge on any atom is -0.444 e. The molecule has 1 aromatic rings. The minimum atomic E-state index is -1.04. The van der Waals surface area contributed by atoms with Gasteiger partial charge in [-0.15, -0.1) is 0 Å². The molecule has 0 spiro atoms. The molecule has 8 heteroatoms. The van der Waals surface area contributed by atoms with Crippen molar-refractivity contribution < 1.29 is 28.8 Å². The molecule has 27 heavy (non-hydrogen) atoms. The first-order chi connectivity index (χ1) is 12.6. The molecule has 1 N–H and O–H groups in total. The zero-order chi connectivity index (χ0) is 20.2. The Morgan fingerprint density at radius 1 is 1.11 bits per heavy atom. The lowest BCUT2D eigenvalue weighted by Crippen LogP contribution is -2.47. The highest BCUT2D eigenvalue weighted by Gasteiger charge is 2.40. The van der Waals surface area contributed by atoms with Crippen LogP contribution in [0.25, 0.3) is 0 Å². The molecule has 2 rings (SSSR count). The van der Waals surface area contributed by atoms with E-state index in [2.05, 4.69) is 5.32 Å². The lowest BCUT2D eigenvalue weighted by Gasteiger charge is -2.23. The smallest absolute Gasteiger partial charge is 0.408 e. The number of amides is 3. The summed E-state index contributed by atoms with van der Waals surface area (Å²) in [7, 11) is 0. The topological polar surface area (TPSA) is 102 Å². The summed E-state index contributed by atoms with van der Waals surface area (Å²) in [6.45, 7) is 7.03. The number of hydroxylamine groups is 2. The van der Waals surface area contributed by atoms with Gasteiger partial charge in [-0.3, -0.25) is 9.59 Å². The van der Waals surface area contributed by atoms with Gasteiger partial charge in [-0.2, -0.15) is 0 Å². The van der Waals surface area contributed by atoms with Crippen LogP contribution in [0.15, 0.2) is 24.3 Å². The van der Waals surface area contributed by atoms with Gasteiger partial charge in [-0.05, 0) is 39.3 Å². The van der Waals surface area contributed by atoms with Gasteiger partial charge >= 0.3 is 12.1 Å². The predicted octanol–water partition coefficient (Wildman–Crippen LogP) is 2.82. The van der Waals surface area contributed by atoms with E-state index in [4.69, 9.17) is 9.57 Å². The van der Waals surface area contributed by atoms with Crippen LogP contribution < -0.4 is 5.32 Å². The van der Waals surface area contributed by atoms with Gasteiger partial charge in [-0.1, -0.05) is 37.0 Å². The van der Waals surface area contributed by atoms with Gasteiger partial charge in [0.1, 0.15) is 11.6 Å². The van der Waals surface area contributed by atoms with E-state index < -0.39 is 35.5 Å². The number of ether oxygens (including phenoxy) is 1. The second-order valence-corrected chi connectivity index (χ2v) is 7.20. The van der Waals surface area contributed by atoms with E-state index >= 15 is 0 Å². The van der Waals surface area contributed by atoms with Gasteiger partial charge in [0.05, 0.1) is 11.1 Å². The van der Waals surface area contributed by atoms with Crippen LogP contribution >= 0.6 is 0 Å². The molecule has 1 unspecified atom stereocenters. The molecule has 1 aliphatic heterocycles. The minimum absolute atomic E-state index is 0.167. The first-order valence-electron chi connectivity index (χ1n) is 8.83. The summed E-state index contributed by atoms with van der Waals surface area (Å²) < 4.78 is 5.16. The molecule has 3 amide bonds. The van der Waals surface area contributed by atoms with Crippen molar-refractivity contribution in [2.24, 2.45) is 0 Å². The molecule has 8 nitrogen and oxygen atoms in total.